The molecule has 0 heterocycles. The van der Waals surface area contributed by atoms with Crippen LogP contribution in [0.1, 0.15) is 6.42 Å². The quantitative estimate of drug-likeness (QED) is 0.415. The fraction of sp³-hybridized carbons (Fsp3) is 1.00. The molecular weight excluding hydrogens is 71.0 g/mol. The Balaban J connectivity index is 0. The molecule has 0 saturated heterocycles. The van der Waals surface area contributed by atoms with Crippen LogP contribution < -0.4 is 11.5 Å². The van der Waals surface area contributed by atoms with Crippen molar-refractivity contribution in [2.75, 3.05) is 13.1 Å². The van der Waals surface area contributed by atoms with Crippen LogP contribution >= 0.6 is 0 Å². The summed E-state index contributed by atoms with van der Waals surface area (Å²) in [6, 6.07) is 0. The Kier molecular flexibility index (Phi) is 14.7. The van der Waals surface area contributed by atoms with Gasteiger partial charge in [-0.15, -0.1) is 0 Å². The maximum absolute atomic E-state index is 5.06. The Hall–Kier alpha value is 0.517. The van der Waals surface area contributed by atoms with Gasteiger partial charge in [-0.05, 0) is 19.5 Å². The molecule has 2 nitrogen and oxygen atoms in total. The molecule has 33 valence electrons. The van der Waals surface area contributed by atoms with E-state index in [1.807, 2.05) is 0 Å². The Morgan fingerprint density at radius 3 is 1.33 bits per heavy atom. The molecule has 0 saturated carbocycles. The van der Waals surface area contributed by atoms with E-state index in [1.165, 1.54) is 0 Å². The second kappa shape index (κ2) is 9.10. The van der Waals surface area contributed by atoms with Gasteiger partial charge in [0.1, 0.15) is 0 Å². The second-order valence-electron chi connectivity index (χ2n) is 0.931. The van der Waals surface area contributed by atoms with Crippen LogP contribution in [0, 0.1) is 0 Å². The van der Waals surface area contributed by atoms with Crippen molar-refractivity contribution in [2.24, 2.45) is 11.5 Å². The summed E-state index contributed by atoms with van der Waals surface area (Å²) in [7, 11) is 0. The van der Waals surface area contributed by atoms with Crippen LogP contribution in [-0.4, -0.2) is 32.0 Å². The molecule has 0 aromatic carbocycles. The second-order valence-corrected chi connectivity index (χ2v) is 0.931. The van der Waals surface area contributed by atoms with Crippen LogP contribution in [0.25, 0.3) is 0 Å². The van der Waals surface area contributed by atoms with Crippen molar-refractivity contribution in [2.45, 2.75) is 6.42 Å². The minimum Gasteiger partial charge on any atom is -0.330 e. The summed E-state index contributed by atoms with van der Waals surface area (Å²) in [5, 5.41) is 0. The smallest absolute Gasteiger partial charge is 0 e. The molecule has 0 aliphatic rings. The predicted octanol–water partition coefficient (Wildman–Crippen LogP) is -1.09. The average Bonchev–Trinajstić information content (AvgIpc) is 1.41. The summed E-state index contributed by atoms with van der Waals surface area (Å²) in [6.45, 7) is 1.44. The van der Waals surface area contributed by atoms with E-state index in [0.717, 1.165) is 19.5 Å². The molecule has 0 aliphatic heterocycles. The molecule has 4 N–H and O–H groups in total. The molecule has 0 bridgehead atoms. The predicted molar refractivity (Wildman–Crippen MR) is 28.5 cm³/mol. The summed E-state index contributed by atoms with van der Waals surface area (Å²) < 4.78 is 0. The normalized spacial score (nSPS) is 7.00. The third-order valence-electron chi connectivity index (χ3n) is 0.408. The molecule has 0 unspecified atom stereocenters. The maximum Gasteiger partial charge on any atom is 0 e. The first-order valence-corrected chi connectivity index (χ1v) is 1.82. The van der Waals surface area contributed by atoms with E-state index in [9.17, 15) is 0 Å². The number of hydrogen-bond donors (Lipinski definition) is 2. The van der Waals surface area contributed by atoms with E-state index >= 15 is 0 Å². The van der Waals surface area contributed by atoms with E-state index in [1.54, 1.807) is 0 Å². The zero-order chi connectivity index (χ0) is 4.12. The van der Waals surface area contributed by atoms with Gasteiger partial charge in [-0.25, -0.2) is 0 Å². The van der Waals surface area contributed by atoms with Gasteiger partial charge < -0.3 is 11.5 Å². The molecule has 0 rings (SSSR count). The van der Waals surface area contributed by atoms with Crippen molar-refractivity contribution in [1.82, 2.24) is 0 Å². The Morgan fingerprint density at radius 2 is 1.33 bits per heavy atom. The first-order chi connectivity index (χ1) is 2.41. The molecule has 1 radical (unpaired) electrons. The molecule has 0 amide bonds. The van der Waals surface area contributed by atoms with Gasteiger partial charge >= 0.3 is 0 Å². The van der Waals surface area contributed by atoms with Crippen LogP contribution in [0.4, 0.5) is 0 Å². The van der Waals surface area contributed by atoms with Gasteiger partial charge in [-0.1, -0.05) is 0 Å². The van der Waals surface area contributed by atoms with Gasteiger partial charge in [0.05, 0.1) is 0 Å². The minimum absolute atomic E-state index is 0. The van der Waals surface area contributed by atoms with E-state index in [-0.39, 0.29) is 18.9 Å². The van der Waals surface area contributed by atoms with E-state index in [4.69, 9.17) is 11.5 Å². The van der Waals surface area contributed by atoms with Gasteiger partial charge in [0.25, 0.3) is 0 Å². The van der Waals surface area contributed by atoms with Gasteiger partial charge in [-0.3, -0.25) is 0 Å². The standard InChI is InChI=1S/C3H10N2.Li/c4-2-1-3-5;/h1-5H2;. The summed E-state index contributed by atoms with van der Waals surface area (Å²) in [6.07, 6.45) is 0.944. The third kappa shape index (κ3) is 8.82. The van der Waals surface area contributed by atoms with Crippen molar-refractivity contribution in [3.63, 3.8) is 0 Å². The summed E-state index contributed by atoms with van der Waals surface area (Å²) in [4.78, 5) is 0. The van der Waals surface area contributed by atoms with Crippen molar-refractivity contribution in [1.29, 1.82) is 0 Å². The Morgan fingerprint density at radius 1 is 1.00 bits per heavy atom. The number of nitrogens with two attached hydrogens (primary N) is 2. The van der Waals surface area contributed by atoms with Crippen LogP contribution in [0.3, 0.4) is 0 Å². The van der Waals surface area contributed by atoms with E-state index in [2.05, 4.69) is 0 Å². The number of hydrogen-bond acceptors (Lipinski definition) is 2. The minimum atomic E-state index is 0. The first-order valence-electron chi connectivity index (χ1n) is 1.82. The fourth-order valence-corrected chi connectivity index (χ4v) is 0.118. The average molecular weight is 81.1 g/mol. The largest absolute Gasteiger partial charge is 0.330 e. The van der Waals surface area contributed by atoms with Crippen molar-refractivity contribution in [3.05, 3.63) is 0 Å². The molecule has 0 aromatic heterocycles. The third-order valence-corrected chi connectivity index (χ3v) is 0.408. The first kappa shape index (κ1) is 9.72. The summed E-state index contributed by atoms with van der Waals surface area (Å²) in [5.41, 5.74) is 10.1. The molecule has 0 spiro atoms. The van der Waals surface area contributed by atoms with Crippen molar-refractivity contribution >= 4 is 18.9 Å². The molecule has 0 aliphatic carbocycles. The zero-order valence-electron chi connectivity index (χ0n) is 4.28. The topological polar surface area (TPSA) is 52.0 Å². The van der Waals surface area contributed by atoms with Gasteiger partial charge in [0, 0.05) is 18.9 Å². The van der Waals surface area contributed by atoms with Crippen molar-refractivity contribution in [3.8, 4) is 0 Å². The summed E-state index contributed by atoms with van der Waals surface area (Å²) >= 11 is 0. The van der Waals surface area contributed by atoms with Gasteiger partial charge in [0.15, 0.2) is 0 Å². The monoisotopic (exact) mass is 81.1 g/mol. The molecule has 0 aromatic rings. The maximum atomic E-state index is 5.06. The van der Waals surface area contributed by atoms with Crippen molar-refractivity contribution < 1.29 is 0 Å². The molecular formula is C3H10LiN2. The fourth-order valence-electron chi connectivity index (χ4n) is 0.118. The molecule has 6 heavy (non-hydrogen) atoms. The zero-order valence-corrected chi connectivity index (χ0v) is 4.28. The number of rotatable bonds is 2. The Bertz CT molecular complexity index is 16.3. The Labute approximate surface area is 50.4 Å². The van der Waals surface area contributed by atoms with Gasteiger partial charge in [0.2, 0.25) is 0 Å². The van der Waals surface area contributed by atoms with Crippen LogP contribution in [0.5, 0.6) is 0 Å². The summed E-state index contributed by atoms with van der Waals surface area (Å²) in [5.74, 6) is 0. The van der Waals surface area contributed by atoms with Crippen LogP contribution in [-0.2, 0) is 0 Å². The van der Waals surface area contributed by atoms with Crippen LogP contribution in [0.2, 0.25) is 0 Å². The van der Waals surface area contributed by atoms with E-state index in [0.29, 0.717) is 0 Å². The molecule has 0 atom stereocenters. The molecule has 0 fully saturated rings. The molecule has 3 heteroatoms. The van der Waals surface area contributed by atoms with Gasteiger partial charge in [-0.2, -0.15) is 0 Å². The van der Waals surface area contributed by atoms with E-state index < -0.39 is 0 Å². The van der Waals surface area contributed by atoms with Crippen LogP contribution in [0.15, 0.2) is 0 Å². The SMILES string of the molecule is NCCCN.[Li].